The molecule has 16 nitrogen and oxygen atoms in total. The van der Waals surface area contributed by atoms with Crippen molar-refractivity contribution in [3.63, 3.8) is 0 Å². The lowest BCUT2D eigenvalue weighted by atomic mass is 9.88. The fourth-order valence-electron chi connectivity index (χ4n) is 8.61. The number of alkyl halides is 3. The van der Waals surface area contributed by atoms with Crippen LogP contribution in [0.1, 0.15) is 93.4 Å². The molecular formula is C47H59F3N6O10S. The van der Waals surface area contributed by atoms with Gasteiger partial charge in [-0.25, -0.2) is 23.2 Å². The van der Waals surface area contributed by atoms with Gasteiger partial charge in [-0.1, -0.05) is 26.0 Å². The number of pyridine rings is 2. The molecule has 0 radical (unpaired) electrons. The normalized spacial score (nSPS) is 27.1. The number of fused-ring (bicyclic) bond motifs is 3. The van der Waals surface area contributed by atoms with E-state index in [1.807, 2.05) is 32.9 Å². The smallest absolute Gasteiger partial charge is 0.427 e. The number of methoxy groups -OCH3 is 1. The van der Waals surface area contributed by atoms with Crippen LogP contribution in [-0.2, 0) is 29.1 Å². The van der Waals surface area contributed by atoms with Crippen molar-refractivity contribution in [3.8, 4) is 28.8 Å². The number of rotatable bonds is 11. The number of ether oxygens (including phenoxy) is 4. The van der Waals surface area contributed by atoms with Gasteiger partial charge in [-0.3, -0.25) is 19.1 Å². The van der Waals surface area contributed by atoms with Crippen molar-refractivity contribution in [2.24, 2.45) is 17.8 Å². The first-order chi connectivity index (χ1) is 31.3. The highest BCUT2D eigenvalue weighted by atomic mass is 32.2. The maximum atomic E-state index is 15.0. The molecule has 4 aliphatic rings. The molecule has 20 heteroatoms. The summed E-state index contributed by atoms with van der Waals surface area (Å²) in [4.78, 5) is 67.7. The van der Waals surface area contributed by atoms with Crippen molar-refractivity contribution in [3.05, 3.63) is 54.7 Å². The second-order valence-electron chi connectivity index (χ2n) is 19.4. The molecule has 7 rings (SSSR count). The van der Waals surface area contributed by atoms with E-state index in [2.05, 4.69) is 20.3 Å². The summed E-state index contributed by atoms with van der Waals surface area (Å²) in [5.41, 5.74) is -3.51. The molecule has 2 aromatic heterocycles. The molecule has 0 bridgehead atoms. The lowest BCUT2D eigenvalue weighted by Crippen LogP contribution is -2.59. The van der Waals surface area contributed by atoms with Crippen LogP contribution in [0.4, 0.5) is 18.0 Å². The number of nitrogens with one attached hydrogen (secondary N) is 3. The summed E-state index contributed by atoms with van der Waals surface area (Å²) >= 11 is 0. The maximum Gasteiger partial charge on any atom is 0.427 e. The molecule has 364 valence electrons. The summed E-state index contributed by atoms with van der Waals surface area (Å²) < 4.78 is 92.1. The third-order valence-corrected chi connectivity index (χ3v) is 15.4. The van der Waals surface area contributed by atoms with Gasteiger partial charge in [0.05, 0.1) is 30.2 Å². The number of alkyl carbamates (subject to hydrolysis) is 1. The van der Waals surface area contributed by atoms with Gasteiger partial charge < -0.3 is 34.5 Å². The molecule has 4 heterocycles. The molecular weight excluding hydrogens is 898 g/mol. The summed E-state index contributed by atoms with van der Waals surface area (Å²) in [7, 11) is -2.59. The third-order valence-electron chi connectivity index (χ3n) is 13.2. The van der Waals surface area contributed by atoms with Crippen molar-refractivity contribution in [1.29, 1.82) is 0 Å². The Bertz CT molecular complexity index is 2530. The van der Waals surface area contributed by atoms with Crippen LogP contribution < -0.4 is 29.6 Å². The van der Waals surface area contributed by atoms with Crippen LogP contribution in [0.5, 0.6) is 17.5 Å². The first-order valence-electron chi connectivity index (χ1n) is 22.6. The molecule has 0 spiro atoms. The van der Waals surface area contributed by atoms with Crippen LogP contribution in [0.25, 0.3) is 22.0 Å². The average molecular weight is 957 g/mol. The van der Waals surface area contributed by atoms with Crippen molar-refractivity contribution < 1.29 is 59.7 Å². The van der Waals surface area contributed by atoms with Crippen LogP contribution in [0.2, 0.25) is 0 Å². The highest BCUT2D eigenvalue weighted by Gasteiger charge is 2.63. The molecule has 67 heavy (non-hydrogen) atoms. The van der Waals surface area contributed by atoms with Crippen molar-refractivity contribution in [2.45, 2.75) is 140 Å². The minimum absolute atomic E-state index is 0.0641. The van der Waals surface area contributed by atoms with E-state index in [0.717, 1.165) is 0 Å². The number of halogens is 3. The van der Waals surface area contributed by atoms with Gasteiger partial charge in [0.1, 0.15) is 29.5 Å². The number of carbonyl (C=O) groups is 4. The highest BCUT2D eigenvalue weighted by molar-refractivity contribution is 7.91. The third kappa shape index (κ3) is 10.6. The van der Waals surface area contributed by atoms with Gasteiger partial charge in [-0.2, -0.15) is 13.2 Å². The lowest BCUT2D eigenvalue weighted by molar-refractivity contribution is -0.244. The molecule has 2 aliphatic carbocycles. The molecule has 1 unspecified atom stereocenters. The van der Waals surface area contributed by atoms with Crippen LogP contribution in [0.15, 0.2) is 54.7 Å². The minimum Gasteiger partial charge on any atom is -0.497 e. The van der Waals surface area contributed by atoms with E-state index in [1.54, 1.807) is 49.5 Å². The van der Waals surface area contributed by atoms with E-state index >= 15 is 4.79 Å². The van der Waals surface area contributed by atoms with Gasteiger partial charge in [0.25, 0.3) is 5.91 Å². The molecule has 1 saturated heterocycles. The molecule has 2 aliphatic heterocycles. The zero-order valence-corrected chi connectivity index (χ0v) is 39.7. The van der Waals surface area contributed by atoms with Gasteiger partial charge in [-0.15, -0.1) is 0 Å². The fraction of sp³-hybridized carbons (Fsp3) is 0.574. The van der Waals surface area contributed by atoms with Gasteiger partial charge >= 0.3 is 12.3 Å². The number of carbonyl (C=O) groups excluding carboxylic acids is 4. The Morgan fingerprint density at radius 3 is 2.42 bits per heavy atom. The Morgan fingerprint density at radius 2 is 1.78 bits per heavy atom. The summed E-state index contributed by atoms with van der Waals surface area (Å²) in [6.07, 6.45) is -0.131. The summed E-state index contributed by atoms with van der Waals surface area (Å²) in [6, 6.07) is 7.73. The molecule has 7 atom stereocenters. The molecule has 3 N–H and O–H groups in total. The number of amides is 4. The van der Waals surface area contributed by atoms with Gasteiger partial charge in [-0.05, 0) is 121 Å². The lowest BCUT2D eigenvalue weighted by Gasteiger charge is -2.34. The SMILES string of the molecule is COc1ccc2c(OC3C[C@H]4C(=O)N[C@]5(C(=O)NS(=O)(=O)C6(C)CC6)C[C@H]5/C=C\CC[C@@H](C)C[C@@H](C)[C@H](NC(=O)OC(C)(C)C(F)(F)F)C(=O)N4C3)nc(-c3ccc(OC(C)C)nc3)cc2c1. The Hall–Kier alpha value is -5.66. The number of hydrogen-bond acceptors (Lipinski definition) is 12. The van der Waals surface area contributed by atoms with Crippen LogP contribution >= 0.6 is 0 Å². The molecule has 1 aromatic carbocycles. The average Bonchev–Trinajstić information content (AvgIpc) is 4.13. The van der Waals surface area contributed by atoms with Crippen LogP contribution in [0, 0.1) is 17.8 Å². The number of allylic oxidation sites excluding steroid dienone is 1. The number of benzene rings is 1. The molecule has 2 saturated carbocycles. The highest BCUT2D eigenvalue weighted by Crippen LogP contribution is 2.48. The van der Waals surface area contributed by atoms with E-state index in [1.165, 1.54) is 18.9 Å². The Morgan fingerprint density at radius 1 is 1.04 bits per heavy atom. The van der Waals surface area contributed by atoms with Crippen molar-refractivity contribution in [1.82, 2.24) is 30.2 Å². The van der Waals surface area contributed by atoms with E-state index in [4.69, 9.17) is 23.9 Å². The number of sulfonamides is 1. The Labute approximate surface area is 388 Å². The van der Waals surface area contributed by atoms with Gasteiger partial charge in [0.15, 0.2) is 0 Å². The largest absolute Gasteiger partial charge is 0.497 e. The minimum atomic E-state index is -4.94. The fourth-order valence-corrected chi connectivity index (χ4v) is 9.92. The number of hydrogen-bond donors (Lipinski definition) is 3. The number of aromatic nitrogens is 2. The van der Waals surface area contributed by atoms with Gasteiger partial charge in [0, 0.05) is 35.6 Å². The van der Waals surface area contributed by atoms with Crippen LogP contribution in [-0.4, -0.2) is 107 Å². The molecule has 3 aromatic rings. The van der Waals surface area contributed by atoms with Crippen LogP contribution in [0.3, 0.4) is 0 Å². The summed E-state index contributed by atoms with van der Waals surface area (Å²) in [5.74, 6) is -2.74. The van der Waals surface area contributed by atoms with E-state index in [9.17, 15) is 36.0 Å². The second-order valence-corrected chi connectivity index (χ2v) is 21.6. The summed E-state index contributed by atoms with van der Waals surface area (Å²) in [5, 5.41) is 6.46. The first-order valence-corrected chi connectivity index (χ1v) is 24.0. The quantitative estimate of drug-likeness (QED) is 0.171. The van der Waals surface area contributed by atoms with Crippen molar-refractivity contribution >= 4 is 44.6 Å². The monoisotopic (exact) mass is 956 g/mol. The second kappa shape index (κ2) is 18.4. The maximum absolute atomic E-state index is 15.0. The van der Waals surface area contributed by atoms with Crippen molar-refractivity contribution in [2.75, 3.05) is 13.7 Å². The van der Waals surface area contributed by atoms with E-state index < -0.39 is 85.9 Å². The molecule has 4 amide bonds. The zero-order valence-electron chi connectivity index (χ0n) is 38.9. The number of nitrogens with zero attached hydrogens (tertiary/aromatic N) is 3. The standard InChI is InChI=1S/C47H59F3N6O10S/c1-26(2)64-37-16-13-29(24-51-37)35-21-30-20-32(63-8)14-15-34(30)40(52-35)65-33-22-36-39(57)54-46(42(59)55-67(61,62)45(7)17-18-45)23-31(46)12-10-9-11-27(3)19-28(4)38(41(58)56(36)25-33)53-43(60)66-44(5,6)47(48,49)50/h10,12-16,20-21,24,26-28,31,33,36,38H,9,11,17-19,22-23,25H2,1-8H3,(H,53,60)(H,54,57)(H,55,59)/b12-10-/t27-,28-,31-,33?,36+,38+,46-/m1/s1. The topological polar surface area (TPSA) is 204 Å². The predicted octanol–water partition coefficient (Wildman–Crippen LogP) is 6.76. The first kappa shape index (κ1) is 49.3. The van der Waals surface area contributed by atoms with E-state index in [0.29, 0.717) is 79.6 Å². The predicted molar refractivity (Wildman–Crippen MR) is 240 cm³/mol. The summed E-state index contributed by atoms with van der Waals surface area (Å²) in [6.45, 7) is 10.0. The zero-order chi connectivity index (χ0) is 48.9. The Balaban J connectivity index is 1.26. The Kier molecular flexibility index (Phi) is 13.6. The van der Waals surface area contributed by atoms with Gasteiger partial charge in [0.2, 0.25) is 39.2 Å². The molecule has 3 fully saturated rings. The van der Waals surface area contributed by atoms with E-state index in [-0.39, 0.29) is 37.3 Å².